The minimum atomic E-state index is -1.19. The number of nitrogens with two attached hydrogens (primary N) is 1. The zero-order valence-electron chi connectivity index (χ0n) is 6.68. The molecule has 0 saturated heterocycles. The van der Waals surface area contributed by atoms with Gasteiger partial charge < -0.3 is 10.2 Å². The van der Waals surface area contributed by atoms with Crippen LogP contribution in [0.15, 0.2) is 24.3 Å². The highest BCUT2D eigenvalue weighted by atomic mass is 16.6. The van der Waals surface area contributed by atoms with Crippen LogP contribution in [0, 0.1) is 0 Å². The van der Waals surface area contributed by atoms with E-state index in [0.29, 0.717) is 5.56 Å². The van der Waals surface area contributed by atoms with E-state index in [1.165, 1.54) is 24.3 Å². The highest BCUT2D eigenvalue weighted by Gasteiger charge is 2.19. The molecule has 1 aromatic rings. The molecular formula is C8H9NO4. The van der Waals surface area contributed by atoms with E-state index in [0.717, 1.165) is 0 Å². The van der Waals surface area contributed by atoms with E-state index in [2.05, 4.69) is 4.84 Å². The zero-order valence-corrected chi connectivity index (χ0v) is 6.68. The summed E-state index contributed by atoms with van der Waals surface area (Å²) in [5, 5.41) is 17.6. The fraction of sp³-hybridized carbons (Fsp3) is 0.125. The number of aliphatic carboxylic acids is 1. The number of hydrogen-bond acceptors (Lipinski definition) is 4. The molecule has 0 spiro atoms. The Morgan fingerprint density at radius 3 is 2.31 bits per heavy atom. The molecule has 1 rings (SSSR count). The molecule has 1 atom stereocenters. The fourth-order valence-electron chi connectivity index (χ4n) is 0.928. The number of aromatic hydroxyl groups is 1. The molecule has 0 saturated carbocycles. The minimum Gasteiger partial charge on any atom is -0.508 e. The maximum Gasteiger partial charge on any atom is 0.339 e. The Morgan fingerprint density at radius 1 is 1.38 bits per heavy atom. The van der Waals surface area contributed by atoms with Gasteiger partial charge in [0, 0.05) is 0 Å². The van der Waals surface area contributed by atoms with E-state index in [1.54, 1.807) is 0 Å². The molecule has 0 aromatic heterocycles. The lowest BCUT2D eigenvalue weighted by Gasteiger charge is -2.09. The topological polar surface area (TPSA) is 92.8 Å². The molecule has 0 aliphatic heterocycles. The van der Waals surface area contributed by atoms with Gasteiger partial charge in [-0.3, -0.25) is 4.84 Å². The van der Waals surface area contributed by atoms with Gasteiger partial charge in [0.2, 0.25) is 6.10 Å². The third-order valence-corrected chi connectivity index (χ3v) is 1.56. The number of hydrogen-bond donors (Lipinski definition) is 3. The quantitative estimate of drug-likeness (QED) is 0.590. The molecule has 1 aromatic carbocycles. The maximum atomic E-state index is 10.5. The third kappa shape index (κ3) is 2.17. The Morgan fingerprint density at radius 2 is 1.92 bits per heavy atom. The van der Waals surface area contributed by atoms with Gasteiger partial charge >= 0.3 is 5.97 Å². The molecule has 0 aliphatic rings. The molecule has 5 nitrogen and oxygen atoms in total. The first kappa shape index (κ1) is 9.50. The predicted octanol–water partition coefficient (Wildman–Crippen LogP) is 0.408. The molecule has 4 N–H and O–H groups in total. The van der Waals surface area contributed by atoms with Gasteiger partial charge in [-0.2, -0.15) is 0 Å². The maximum absolute atomic E-state index is 10.5. The normalized spacial score (nSPS) is 12.4. The third-order valence-electron chi connectivity index (χ3n) is 1.56. The second-order valence-electron chi connectivity index (χ2n) is 2.45. The second-order valence-corrected chi connectivity index (χ2v) is 2.45. The average molecular weight is 183 g/mol. The Balaban J connectivity index is 2.92. The van der Waals surface area contributed by atoms with Crippen molar-refractivity contribution in [2.24, 2.45) is 5.90 Å². The predicted molar refractivity (Wildman–Crippen MR) is 43.8 cm³/mol. The molecule has 0 fully saturated rings. The summed E-state index contributed by atoms with van der Waals surface area (Å²) >= 11 is 0. The van der Waals surface area contributed by atoms with Crippen LogP contribution in [0.2, 0.25) is 0 Å². The summed E-state index contributed by atoms with van der Waals surface area (Å²) < 4.78 is 0. The van der Waals surface area contributed by atoms with Gasteiger partial charge in [0.1, 0.15) is 5.75 Å². The summed E-state index contributed by atoms with van der Waals surface area (Å²) in [5.74, 6) is 3.69. The van der Waals surface area contributed by atoms with Gasteiger partial charge in [-0.1, -0.05) is 12.1 Å². The van der Waals surface area contributed by atoms with Crippen molar-refractivity contribution in [3.05, 3.63) is 29.8 Å². The molecule has 0 bridgehead atoms. The van der Waals surface area contributed by atoms with Gasteiger partial charge in [0.25, 0.3) is 0 Å². The van der Waals surface area contributed by atoms with Gasteiger partial charge in [-0.15, -0.1) is 0 Å². The highest BCUT2D eigenvalue weighted by molar-refractivity contribution is 5.74. The highest BCUT2D eigenvalue weighted by Crippen LogP contribution is 2.18. The van der Waals surface area contributed by atoms with Crippen molar-refractivity contribution < 1.29 is 19.8 Å². The van der Waals surface area contributed by atoms with Crippen molar-refractivity contribution >= 4 is 5.97 Å². The number of rotatable bonds is 3. The van der Waals surface area contributed by atoms with Gasteiger partial charge in [-0.25, -0.2) is 10.7 Å². The molecule has 70 valence electrons. The van der Waals surface area contributed by atoms with E-state index >= 15 is 0 Å². The first-order valence-corrected chi connectivity index (χ1v) is 3.52. The van der Waals surface area contributed by atoms with Crippen LogP contribution in [-0.4, -0.2) is 16.2 Å². The fourth-order valence-corrected chi connectivity index (χ4v) is 0.928. The minimum absolute atomic E-state index is 0.0601. The summed E-state index contributed by atoms with van der Waals surface area (Å²) in [6.45, 7) is 0. The Bertz CT molecular complexity index is 296. The van der Waals surface area contributed by atoms with Crippen LogP contribution in [0.5, 0.6) is 5.75 Å². The van der Waals surface area contributed by atoms with Crippen molar-refractivity contribution in [1.82, 2.24) is 0 Å². The van der Waals surface area contributed by atoms with Crippen molar-refractivity contribution in [1.29, 1.82) is 0 Å². The standard InChI is InChI=1S/C8H9NO4/c9-13-7(8(11)12)5-1-3-6(10)4-2-5/h1-4,7,10H,9H2,(H,11,12). The van der Waals surface area contributed by atoms with Crippen molar-refractivity contribution in [3.63, 3.8) is 0 Å². The lowest BCUT2D eigenvalue weighted by molar-refractivity contribution is -0.151. The molecule has 0 radical (unpaired) electrons. The number of carboxylic acids is 1. The van der Waals surface area contributed by atoms with Gasteiger partial charge in [0.05, 0.1) is 0 Å². The van der Waals surface area contributed by atoms with Crippen LogP contribution < -0.4 is 5.90 Å². The lowest BCUT2D eigenvalue weighted by Crippen LogP contribution is -2.18. The van der Waals surface area contributed by atoms with Gasteiger partial charge in [0.15, 0.2) is 0 Å². The van der Waals surface area contributed by atoms with Crippen LogP contribution in [0.25, 0.3) is 0 Å². The average Bonchev–Trinajstić information content (AvgIpc) is 2.09. The SMILES string of the molecule is NOC(C(=O)O)c1ccc(O)cc1. The van der Waals surface area contributed by atoms with Crippen LogP contribution in [0.4, 0.5) is 0 Å². The molecule has 0 heterocycles. The largest absolute Gasteiger partial charge is 0.508 e. The van der Waals surface area contributed by atoms with Crippen LogP contribution in [0.3, 0.4) is 0 Å². The second kappa shape index (κ2) is 3.88. The summed E-state index contributed by atoms with van der Waals surface area (Å²) in [5.41, 5.74) is 0.382. The van der Waals surface area contributed by atoms with E-state index in [-0.39, 0.29) is 5.75 Å². The number of benzene rings is 1. The molecular weight excluding hydrogens is 174 g/mol. The smallest absolute Gasteiger partial charge is 0.339 e. The van der Waals surface area contributed by atoms with E-state index in [1.807, 2.05) is 0 Å². The van der Waals surface area contributed by atoms with Crippen LogP contribution >= 0.6 is 0 Å². The van der Waals surface area contributed by atoms with E-state index in [4.69, 9.17) is 16.1 Å². The molecule has 1 unspecified atom stereocenters. The summed E-state index contributed by atoms with van der Waals surface area (Å²) in [4.78, 5) is 14.8. The number of phenols is 1. The molecule has 0 amide bonds. The van der Waals surface area contributed by atoms with Crippen LogP contribution in [0.1, 0.15) is 11.7 Å². The Hall–Kier alpha value is -1.59. The van der Waals surface area contributed by atoms with Gasteiger partial charge in [-0.05, 0) is 17.7 Å². The van der Waals surface area contributed by atoms with Crippen molar-refractivity contribution in [2.45, 2.75) is 6.10 Å². The Kier molecular flexibility index (Phi) is 2.84. The van der Waals surface area contributed by atoms with Crippen molar-refractivity contribution in [3.8, 4) is 5.75 Å². The summed E-state index contributed by atoms with van der Waals surface area (Å²) in [6.07, 6.45) is -1.19. The number of carbonyl (C=O) groups is 1. The summed E-state index contributed by atoms with van der Waals surface area (Å²) in [6, 6.07) is 5.59. The Labute approximate surface area is 74.3 Å². The molecule has 0 aliphatic carbocycles. The lowest BCUT2D eigenvalue weighted by atomic mass is 10.1. The molecule has 5 heteroatoms. The first-order chi connectivity index (χ1) is 6.15. The number of phenolic OH excluding ortho intramolecular Hbond substituents is 1. The van der Waals surface area contributed by atoms with E-state index < -0.39 is 12.1 Å². The van der Waals surface area contributed by atoms with E-state index in [9.17, 15) is 4.79 Å². The number of carboxylic acid groups (broad SMARTS) is 1. The zero-order chi connectivity index (χ0) is 9.84. The molecule has 13 heavy (non-hydrogen) atoms. The van der Waals surface area contributed by atoms with Crippen molar-refractivity contribution in [2.75, 3.05) is 0 Å². The summed E-state index contributed by atoms with van der Waals surface area (Å²) in [7, 11) is 0. The monoisotopic (exact) mass is 183 g/mol. The first-order valence-electron chi connectivity index (χ1n) is 3.52. The van der Waals surface area contributed by atoms with Crippen LogP contribution in [-0.2, 0) is 9.63 Å².